The third kappa shape index (κ3) is 3.78. The molecule has 1 fully saturated rings. The van der Waals surface area contributed by atoms with Crippen molar-refractivity contribution >= 4 is 34.8 Å². The van der Waals surface area contributed by atoms with E-state index in [1.807, 2.05) is 6.92 Å². The van der Waals surface area contributed by atoms with E-state index >= 15 is 0 Å². The molecule has 1 unspecified atom stereocenters. The number of hydrogen-bond acceptors (Lipinski definition) is 7. The molecule has 2 heterocycles. The molecule has 31 heavy (non-hydrogen) atoms. The highest BCUT2D eigenvalue weighted by atomic mass is 16.5. The molecule has 4 rings (SSSR count). The topological polar surface area (TPSA) is 90.8 Å². The number of aromatic nitrogens is 2. The van der Waals surface area contributed by atoms with Crippen LogP contribution in [0.2, 0.25) is 0 Å². The predicted molar refractivity (Wildman–Crippen MR) is 122 cm³/mol. The van der Waals surface area contributed by atoms with Crippen LogP contribution < -0.4 is 19.9 Å². The Morgan fingerprint density at radius 3 is 2.74 bits per heavy atom. The summed E-state index contributed by atoms with van der Waals surface area (Å²) in [7, 11) is 3.35. The molecule has 164 valence electrons. The van der Waals surface area contributed by atoms with Crippen LogP contribution in [0.1, 0.15) is 44.6 Å². The summed E-state index contributed by atoms with van der Waals surface area (Å²) in [5, 5.41) is 12.9. The van der Waals surface area contributed by atoms with Gasteiger partial charge in [0.2, 0.25) is 11.9 Å². The molecule has 0 bridgehead atoms. The lowest BCUT2D eigenvalue weighted by molar-refractivity contribution is -0.120. The number of rotatable bonds is 6. The minimum absolute atomic E-state index is 0.0274. The average molecular weight is 424 g/mol. The predicted octanol–water partition coefficient (Wildman–Crippen LogP) is 4.26. The molecule has 2 N–H and O–H groups in total. The van der Waals surface area contributed by atoms with Gasteiger partial charge in [-0.05, 0) is 37.5 Å². The zero-order chi connectivity index (χ0) is 22.1. The first-order valence-electron chi connectivity index (χ1n) is 10.7. The SMILES string of the molecule is C=C(O)c1ccc(Nc2ncc3c(n2)N(C2CCCC2)C(CC)C(=O)N3C)c(OC)c1. The van der Waals surface area contributed by atoms with Crippen LogP contribution in [0.15, 0.2) is 31.0 Å². The summed E-state index contributed by atoms with van der Waals surface area (Å²) >= 11 is 0. The zero-order valence-electron chi connectivity index (χ0n) is 18.3. The molecule has 1 aromatic carbocycles. The third-order valence-electron chi connectivity index (χ3n) is 6.19. The van der Waals surface area contributed by atoms with Crippen molar-refractivity contribution in [1.29, 1.82) is 0 Å². The highest BCUT2D eigenvalue weighted by Crippen LogP contribution is 2.40. The fourth-order valence-corrected chi connectivity index (χ4v) is 4.54. The number of benzene rings is 1. The summed E-state index contributed by atoms with van der Waals surface area (Å²) in [6.45, 7) is 5.60. The van der Waals surface area contributed by atoms with E-state index in [4.69, 9.17) is 9.72 Å². The molecule has 0 saturated heterocycles. The number of ether oxygens (including phenoxy) is 1. The number of carbonyl (C=O) groups excluding carboxylic acids is 1. The smallest absolute Gasteiger partial charge is 0.249 e. The van der Waals surface area contributed by atoms with Gasteiger partial charge in [0.1, 0.15) is 23.2 Å². The summed E-state index contributed by atoms with van der Waals surface area (Å²) in [6, 6.07) is 5.34. The molecule has 2 aromatic rings. The normalized spacial score (nSPS) is 18.8. The van der Waals surface area contributed by atoms with Gasteiger partial charge < -0.3 is 25.0 Å². The van der Waals surface area contributed by atoms with E-state index in [1.165, 1.54) is 12.8 Å². The lowest BCUT2D eigenvalue weighted by Crippen LogP contribution is -2.55. The van der Waals surface area contributed by atoms with E-state index in [-0.39, 0.29) is 17.7 Å². The molecule has 1 aliphatic heterocycles. The minimum atomic E-state index is -0.215. The van der Waals surface area contributed by atoms with Crippen molar-refractivity contribution in [3.63, 3.8) is 0 Å². The highest BCUT2D eigenvalue weighted by molar-refractivity contribution is 6.04. The van der Waals surface area contributed by atoms with Gasteiger partial charge in [-0.25, -0.2) is 4.98 Å². The first kappa shape index (κ1) is 21.0. The van der Waals surface area contributed by atoms with Crippen LogP contribution in [0.3, 0.4) is 0 Å². The number of fused-ring (bicyclic) bond motifs is 1. The maximum Gasteiger partial charge on any atom is 0.249 e. The standard InChI is InChI=1S/C23H29N5O3/c1-5-18-22(30)27(3)19-13-24-23(26-21(19)28(18)16-8-6-7-9-16)25-17-11-10-15(14(2)29)12-20(17)31-4/h10-13,16,18,29H,2,5-9H2,1,3-4H3,(H,24,25,26). The summed E-state index contributed by atoms with van der Waals surface area (Å²) in [5.41, 5.74) is 1.98. The number of aliphatic hydroxyl groups excluding tert-OH is 1. The van der Waals surface area contributed by atoms with Gasteiger partial charge in [-0.3, -0.25) is 4.79 Å². The summed E-state index contributed by atoms with van der Waals surface area (Å²) < 4.78 is 5.46. The van der Waals surface area contributed by atoms with E-state index in [1.54, 1.807) is 43.5 Å². The van der Waals surface area contributed by atoms with Gasteiger partial charge in [0, 0.05) is 18.7 Å². The van der Waals surface area contributed by atoms with E-state index in [0.717, 1.165) is 30.8 Å². The number of anilines is 4. The lowest BCUT2D eigenvalue weighted by atomic mass is 10.0. The second kappa shape index (κ2) is 8.45. The number of hydrogen-bond donors (Lipinski definition) is 2. The largest absolute Gasteiger partial charge is 0.508 e. The Bertz CT molecular complexity index is 1000. The Hall–Kier alpha value is -3.29. The maximum absolute atomic E-state index is 13.0. The first-order chi connectivity index (χ1) is 14.9. The van der Waals surface area contributed by atoms with Crippen molar-refractivity contribution in [1.82, 2.24) is 9.97 Å². The molecular formula is C23H29N5O3. The van der Waals surface area contributed by atoms with E-state index in [0.29, 0.717) is 29.0 Å². The van der Waals surface area contributed by atoms with Crippen LogP contribution in [0.25, 0.3) is 5.76 Å². The molecule has 1 aromatic heterocycles. The van der Waals surface area contributed by atoms with Crippen molar-refractivity contribution in [3.8, 4) is 5.75 Å². The Balaban J connectivity index is 1.72. The van der Waals surface area contributed by atoms with E-state index < -0.39 is 0 Å². The first-order valence-corrected chi connectivity index (χ1v) is 10.7. The fourth-order valence-electron chi connectivity index (χ4n) is 4.54. The van der Waals surface area contributed by atoms with Crippen LogP contribution in [0.4, 0.5) is 23.1 Å². The number of methoxy groups -OCH3 is 1. The Morgan fingerprint density at radius 2 is 2.10 bits per heavy atom. The monoisotopic (exact) mass is 423 g/mol. The lowest BCUT2D eigenvalue weighted by Gasteiger charge is -2.43. The molecular weight excluding hydrogens is 394 g/mol. The molecule has 0 radical (unpaired) electrons. The van der Waals surface area contributed by atoms with Crippen molar-refractivity contribution in [2.24, 2.45) is 0 Å². The average Bonchev–Trinajstić information content (AvgIpc) is 3.30. The number of likely N-dealkylation sites (N-methyl/N-ethyl adjacent to an activating group) is 1. The molecule has 8 nitrogen and oxygen atoms in total. The quantitative estimate of drug-likeness (QED) is 0.671. The Kier molecular flexibility index (Phi) is 5.71. The van der Waals surface area contributed by atoms with Crippen molar-refractivity contribution in [2.75, 3.05) is 29.3 Å². The van der Waals surface area contributed by atoms with Gasteiger partial charge in [0.25, 0.3) is 0 Å². The van der Waals surface area contributed by atoms with Crippen LogP contribution in [-0.2, 0) is 4.79 Å². The minimum Gasteiger partial charge on any atom is -0.508 e. The van der Waals surface area contributed by atoms with Crippen LogP contribution >= 0.6 is 0 Å². The molecule has 1 amide bonds. The number of amides is 1. The fraction of sp³-hybridized carbons (Fsp3) is 0.435. The number of carbonyl (C=O) groups is 1. The van der Waals surface area contributed by atoms with Gasteiger partial charge in [0.05, 0.1) is 19.0 Å². The van der Waals surface area contributed by atoms with Gasteiger partial charge in [0.15, 0.2) is 5.82 Å². The highest BCUT2D eigenvalue weighted by Gasteiger charge is 2.41. The molecule has 8 heteroatoms. The Morgan fingerprint density at radius 1 is 1.35 bits per heavy atom. The molecule has 2 aliphatic rings. The van der Waals surface area contributed by atoms with Crippen molar-refractivity contribution in [2.45, 2.75) is 51.1 Å². The van der Waals surface area contributed by atoms with Gasteiger partial charge in [-0.15, -0.1) is 0 Å². The Labute approximate surface area is 182 Å². The zero-order valence-corrected chi connectivity index (χ0v) is 18.3. The van der Waals surface area contributed by atoms with Crippen LogP contribution in [0, 0.1) is 0 Å². The maximum atomic E-state index is 13.0. The van der Waals surface area contributed by atoms with Gasteiger partial charge in [-0.1, -0.05) is 26.3 Å². The van der Waals surface area contributed by atoms with Crippen LogP contribution in [-0.4, -0.2) is 47.2 Å². The van der Waals surface area contributed by atoms with Crippen molar-refractivity contribution < 1.29 is 14.6 Å². The molecule has 1 atom stereocenters. The van der Waals surface area contributed by atoms with Crippen molar-refractivity contribution in [3.05, 3.63) is 36.5 Å². The summed E-state index contributed by atoms with van der Waals surface area (Å²) in [4.78, 5) is 26.2. The van der Waals surface area contributed by atoms with Gasteiger partial charge in [-0.2, -0.15) is 4.98 Å². The third-order valence-corrected chi connectivity index (χ3v) is 6.19. The second-order valence-corrected chi connectivity index (χ2v) is 8.06. The van der Waals surface area contributed by atoms with Gasteiger partial charge >= 0.3 is 0 Å². The molecule has 1 saturated carbocycles. The summed E-state index contributed by atoms with van der Waals surface area (Å²) in [6.07, 6.45) is 6.92. The molecule has 1 aliphatic carbocycles. The van der Waals surface area contributed by atoms with Crippen LogP contribution in [0.5, 0.6) is 5.75 Å². The number of nitrogens with one attached hydrogen (secondary N) is 1. The molecule has 0 spiro atoms. The number of aliphatic hydroxyl groups is 1. The second-order valence-electron chi connectivity index (χ2n) is 8.06. The van der Waals surface area contributed by atoms with E-state index in [2.05, 4.69) is 21.8 Å². The van der Waals surface area contributed by atoms with E-state index in [9.17, 15) is 9.90 Å². The number of nitrogens with zero attached hydrogens (tertiary/aromatic N) is 4. The summed E-state index contributed by atoms with van der Waals surface area (Å²) in [5.74, 6) is 1.82.